The number of carbonyl (C=O) groups is 2. The number of para-hydroxylation sites is 1. The van der Waals surface area contributed by atoms with Crippen LogP contribution in [-0.2, 0) is 16.2 Å². The lowest BCUT2D eigenvalue weighted by Gasteiger charge is -2.13. The molecule has 9 heteroatoms. The van der Waals surface area contributed by atoms with Gasteiger partial charge in [0.25, 0.3) is 5.91 Å². The van der Waals surface area contributed by atoms with Crippen LogP contribution in [0.15, 0.2) is 90.0 Å². The number of amides is 1. The largest absolute Gasteiger partial charge is 0.489 e. The second kappa shape index (κ2) is 12.3. The van der Waals surface area contributed by atoms with Gasteiger partial charge >= 0.3 is 5.97 Å². The third-order valence-electron chi connectivity index (χ3n) is 6.35. The first-order valence-corrected chi connectivity index (χ1v) is 14.0. The molecule has 1 aliphatic heterocycles. The topological polar surface area (TPSA) is 84.7 Å². The standard InChI is InChI=1S/C31H27N3O4S2/c1-21-9-11-22(12-10-21)20-38-26-15-13-23(14-16-26)29-24(19-34(32-29)25-6-3-2-4-7-25)18-27-30(37)33(31(39)40-27)17-5-8-28(35)36/h2-4,6-7,9-16,18-19H,5,8,17,20H2,1H3,(H,35,36)/b27-18-. The summed E-state index contributed by atoms with van der Waals surface area (Å²) in [7, 11) is 0. The van der Waals surface area contributed by atoms with Gasteiger partial charge in [0, 0.05) is 30.3 Å². The van der Waals surface area contributed by atoms with Gasteiger partial charge in [-0.2, -0.15) is 5.10 Å². The number of ether oxygens (including phenoxy) is 1. The van der Waals surface area contributed by atoms with Crippen LogP contribution in [0.3, 0.4) is 0 Å². The summed E-state index contributed by atoms with van der Waals surface area (Å²) in [4.78, 5) is 26.0. The molecule has 1 aromatic heterocycles. The van der Waals surface area contributed by atoms with Crippen LogP contribution in [0.5, 0.6) is 5.75 Å². The van der Waals surface area contributed by atoms with E-state index in [1.807, 2.05) is 60.8 Å². The van der Waals surface area contributed by atoms with E-state index < -0.39 is 5.97 Å². The highest BCUT2D eigenvalue weighted by molar-refractivity contribution is 8.26. The molecule has 0 spiro atoms. The number of carbonyl (C=O) groups excluding carboxylic acids is 1. The first kappa shape index (κ1) is 27.4. The summed E-state index contributed by atoms with van der Waals surface area (Å²) in [5, 5.41) is 13.8. The van der Waals surface area contributed by atoms with E-state index >= 15 is 0 Å². The number of aliphatic carboxylic acids is 1. The number of rotatable bonds is 10. The highest BCUT2D eigenvalue weighted by atomic mass is 32.2. The lowest BCUT2D eigenvalue weighted by Crippen LogP contribution is -2.29. The normalized spacial score (nSPS) is 14.2. The molecule has 0 bridgehead atoms. The molecular weight excluding hydrogens is 542 g/mol. The number of thiocarbonyl (C=S) groups is 1. The minimum Gasteiger partial charge on any atom is -0.489 e. The lowest BCUT2D eigenvalue weighted by atomic mass is 10.1. The van der Waals surface area contributed by atoms with E-state index in [4.69, 9.17) is 27.2 Å². The number of hydrogen-bond donors (Lipinski definition) is 1. The van der Waals surface area contributed by atoms with Crippen molar-refractivity contribution in [2.24, 2.45) is 0 Å². The van der Waals surface area contributed by atoms with Crippen molar-refractivity contribution < 1.29 is 19.4 Å². The maximum absolute atomic E-state index is 13.1. The molecule has 1 N–H and O–H groups in total. The summed E-state index contributed by atoms with van der Waals surface area (Å²) in [6.45, 7) is 2.80. The van der Waals surface area contributed by atoms with Crippen LogP contribution >= 0.6 is 24.0 Å². The quantitative estimate of drug-likeness (QED) is 0.173. The maximum atomic E-state index is 13.1. The Morgan fingerprint density at radius 1 is 1.05 bits per heavy atom. The third kappa shape index (κ3) is 6.50. The summed E-state index contributed by atoms with van der Waals surface area (Å²) in [5.41, 5.74) is 5.55. The second-order valence-corrected chi connectivity index (χ2v) is 11.0. The molecule has 0 aliphatic carbocycles. The number of thioether (sulfide) groups is 1. The van der Waals surface area contributed by atoms with E-state index in [0.717, 1.165) is 28.1 Å². The van der Waals surface area contributed by atoms with Crippen molar-refractivity contribution in [3.8, 4) is 22.7 Å². The van der Waals surface area contributed by atoms with Gasteiger partial charge in [0.05, 0.1) is 16.3 Å². The number of benzene rings is 3. The first-order chi connectivity index (χ1) is 19.4. The van der Waals surface area contributed by atoms with E-state index in [1.165, 1.54) is 22.2 Å². The molecule has 2 heterocycles. The van der Waals surface area contributed by atoms with Crippen molar-refractivity contribution >= 4 is 46.3 Å². The molecule has 0 saturated carbocycles. The molecule has 0 atom stereocenters. The first-order valence-electron chi connectivity index (χ1n) is 12.8. The van der Waals surface area contributed by atoms with Gasteiger partial charge in [0.2, 0.25) is 0 Å². The van der Waals surface area contributed by atoms with Crippen LogP contribution in [-0.4, -0.2) is 42.5 Å². The Balaban J connectivity index is 1.40. The van der Waals surface area contributed by atoms with E-state index in [9.17, 15) is 9.59 Å². The van der Waals surface area contributed by atoms with Crippen LogP contribution in [0.2, 0.25) is 0 Å². The molecule has 3 aromatic carbocycles. The Kier molecular flexibility index (Phi) is 8.42. The Hall–Kier alpha value is -4.21. The number of nitrogens with zero attached hydrogens (tertiary/aromatic N) is 3. The Labute approximate surface area is 242 Å². The van der Waals surface area contributed by atoms with Gasteiger partial charge in [0.1, 0.15) is 16.7 Å². The number of aryl methyl sites for hydroxylation is 1. The number of hydrogen-bond acceptors (Lipinski definition) is 6. The molecule has 7 nitrogen and oxygen atoms in total. The SMILES string of the molecule is Cc1ccc(COc2ccc(-c3nn(-c4ccccc4)cc3/C=C3\SC(=S)N(CCCC(=O)O)C3=O)cc2)cc1. The van der Waals surface area contributed by atoms with Gasteiger partial charge < -0.3 is 9.84 Å². The van der Waals surface area contributed by atoms with Gasteiger partial charge in [-0.3, -0.25) is 14.5 Å². The predicted molar refractivity (Wildman–Crippen MR) is 161 cm³/mol. The average molecular weight is 570 g/mol. The molecule has 0 radical (unpaired) electrons. The maximum Gasteiger partial charge on any atom is 0.303 e. The highest BCUT2D eigenvalue weighted by Crippen LogP contribution is 2.35. The molecule has 40 heavy (non-hydrogen) atoms. The molecule has 4 aromatic rings. The second-order valence-electron chi connectivity index (χ2n) is 9.34. The number of carboxylic acid groups (broad SMARTS) is 1. The van der Waals surface area contributed by atoms with Crippen molar-refractivity contribution in [1.82, 2.24) is 14.7 Å². The number of aromatic nitrogens is 2. The zero-order chi connectivity index (χ0) is 28.1. The fraction of sp³-hybridized carbons (Fsp3) is 0.161. The molecule has 1 fully saturated rings. The molecule has 5 rings (SSSR count). The lowest BCUT2D eigenvalue weighted by molar-refractivity contribution is -0.137. The van der Waals surface area contributed by atoms with Gasteiger partial charge in [-0.1, -0.05) is 72.0 Å². The van der Waals surface area contributed by atoms with E-state index in [1.54, 1.807) is 10.8 Å². The van der Waals surface area contributed by atoms with Gasteiger partial charge in [-0.25, -0.2) is 4.68 Å². The summed E-state index contributed by atoms with van der Waals surface area (Å²) >= 11 is 6.64. The molecule has 0 unspecified atom stereocenters. The highest BCUT2D eigenvalue weighted by Gasteiger charge is 2.32. The van der Waals surface area contributed by atoms with Crippen LogP contribution in [0.1, 0.15) is 29.5 Å². The monoisotopic (exact) mass is 569 g/mol. The van der Waals surface area contributed by atoms with Crippen molar-refractivity contribution in [3.05, 3.63) is 107 Å². The van der Waals surface area contributed by atoms with Gasteiger partial charge in [0.15, 0.2) is 0 Å². The van der Waals surface area contributed by atoms with Gasteiger partial charge in [-0.05, 0) is 61.4 Å². The average Bonchev–Trinajstić information content (AvgIpc) is 3.49. The summed E-state index contributed by atoms with van der Waals surface area (Å²) < 4.78 is 8.19. The predicted octanol–water partition coefficient (Wildman–Crippen LogP) is 6.49. The van der Waals surface area contributed by atoms with Crippen LogP contribution in [0, 0.1) is 6.92 Å². The Morgan fingerprint density at radius 2 is 1.77 bits per heavy atom. The smallest absolute Gasteiger partial charge is 0.303 e. The van der Waals surface area contributed by atoms with Crippen molar-refractivity contribution in [3.63, 3.8) is 0 Å². The van der Waals surface area contributed by atoms with Crippen molar-refractivity contribution in [2.45, 2.75) is 26.4 Å². The molecular formula is C31H27N3O4S2. The Morgan fingerprint density at radius 3 is 2.48 bits per heavy atom. The fourth-order valence-corrected chi connectivity index (χ4v) is 5.51. The van der Waals surface area contributed by atoms with Crippen LogP contribution < -0.4 is 4.74 Å². The van der Waals surface area contributed by atoms with Crippen LogP contribution in [0.4, 0.5) is 0 Å². The summed E-state index contributed by atoms with van der Waals surface area (Å²) in [6, 6.07) is 25.7. The molecule has 1 aliphatic rings. The van der Waals surface area contributed by atoms with Gasteiger partial charge in [-0.15, -0.1) is 0 Å². The van der Waals surface area contributed by atoms with Crippen molar-refractivity contribution in [1.29, 1.82) is 0 Å². The molecule has 202 valence electrons. The minimum absolute atomic E-state index is 0.0190. The van der Waals surface area contributed by atoms with E-state index in [0.29, 0.717) is 27.9 Å². The fourth-order valence-electron chi connectivity index (χ4n) is 4.21. The number of carboxylic acids is 1. The van der Waals surface area contributed by atoms with E-state index in [2.05, 4.69) is 31.2 Å². The zero-order valence-electron chi connectivity index (χ0n) is 21.8. The Bertz CT molecular complexity index is 1560. The van der Waals surface area contributed by atoms with Crippen molar-refractivity contribution in [2.75, 3.05) is 6.54 Å². The third-order valence-corrected chi connectivity index (χ3v) is 7.73. The van der Waals surface area contributed by atoms with Crippen LogP contribution in [0.25, 0.3) is 23.0 Å². The summed E-state index contributed by atoms with van der Waals surface area (Å²) in [6.07, 6.45) is 4.02. The van der Waals surface area contributed by atoms with E-state index in [-0.39, 0.29) is 18.9 Å². The summed E-state index contributed by atoms with van der Waals surface area (Å²) in [5.74, 6) is -0.375. The minimum atomic E-state index is -0.898. The zero-order valence-corrected chi connectivity index (χ0v) is 23.5. The molecule has 1 saturated heterocycles. The molecule has 1 amide bonds.